The highest BCUT2D eigenvalue weighted by Gasteiger charge is 1.73. The largest absolute Gasteiger partial charge is 0.161 e. The second kappa shape index (κ2) is 22.5. The average molecular weight is 176 g/mol. The summed E-state index contributed by atoms with van der Waals surface area (Å²) in [5, 5.41) is 0. The molecule has 0 aromatic heterocycles. The van der Waals surface area contributed by atoms with Crippen LogP contribution in [0.15, 0.2) is 11.6 Å². The molecule has 0 aromatic carbocycles. The third kappa shape index (κ3) is 39.5. The van der Waals surface area contributed by atoms with Gasteiger partial charge in [-0.25, -0.2) is 0 Å². The van der Waals surface area contributed by atoms with Crippen molar-refractivity contribution >= 4 is 11.8 Å². The van der Waals surface area contributed by atoms with Crippen LogP contribution in [0.25, 0.3) is 0 Å². The van der Waals surface area contributed by atoms with Crippen LogP contribution in [0.3, 0.4) is 0 Å². The molecule has 0 unspecified atom stereocenters. The van der Waals surface area contributed by atoms with Crippen molar-refractivity contribution in [1.82, 2.24) is 0 Å². The molecule has 0 rings (SSSR count). The number of hydrogen-bond acceptors (Lipinski definition) is 1. The molecule has 0 aliphatic carbocycles. The highest BCUT2D eigenvalue weighted by molar-refractivity contribution is 7.98. The first kappa shape index (κ1) is 17.3. The molecule has 0 heterocycles. The van der Waals surface area contributed by atoms with Crippen LogP contribution in [0.2, 0.25) is 0 Å². The minimum atomic E-state index is 1.16. The Morgan fingerprint density at radius 1 is 1.09 bits per heavy atom. The number of thioether (sulfide) groups is 1. The predicted octanol–water partition coefficient (Wildman–Crippen LogP) is 4.37. The summed E-state index contributed by atoms with van der Waals surface area (Å²) < 4.78 is 0. The van der Waals surface area contributed by atoms with E-state index in [-0.39, 0.29) is 0 Å². The van der Waals surface area contributed by atoms with E-state index >= 15 is 0 Å². The zero-order valence-corrected chi connectivity index (χ0v) is 10.0. The molecule has 70 valence electrons. The second-order valence-electron chi connectivity index (χ2n) is 1.74. The molecule has 0 N–H and O–H groups in total. The maximum absolute atomic E-state index is 2.23. The lowest BCUT2D eigenvalue weighted by atomic mass is 10.3. The van der Waals surface area contributed by atoms with Crippen LogP contribution in [0.1, 0.15) is 41.5 Å². The Bertz CT molecular complexity index is 61.3. The minimum absolute atomic E-state index is 1.16. The summed E-state index contributed by atoms with van der Waals surface area (Å²) in [7, 11) is 0. The summed E-state index contributed by atoms with van der Waals surface area (Å²) in [5.74, 6) is 1.16. The van der Waals surface area contributed by atoms with Gasteiger partial charge >= 0.3 is 0 Å². The van der Waals surface area contributed by atoms with Crippen molar-refractivity contribution in [2.45, 2.75) is 41.5 Å². The van der Waals surface area contributed by atoms with Gasteiger partial charge in [-0.3, -0.25) is 0 Å². The van der Waals surface area contributed by atoms with Gasteiger partial charge in [-0.15, -0.1) is 0 Å². The Morgan fingerprint density at radius 2 is 1.45 bits per heavy atom. The molecular weight excluding hydrogens is 152 g/mol. The molecule has 0 nitrogen and oxygen atoms in total. The topological polar surface area (TPSA) is 0 Å². The second-order valence-corrected chi connectivity index (χ2v) is 2.65. The predicted molar refractivity (Wildman–Crippen MR) is 60.5 cm³/mol. The summed E-state index contributed by atoms with van der Waals surface area (Å²) in [6.45, 7) is 12.2. The lowest BCUT2D eigenvalue weighted by Gasteiger charge is -1.85. The van der Waals surface area contributed by atoms with Crippen molar-refractivity contribution in [3.63, 3.8) is 0 Å². The van der Waals surface area contributed by atoms with Crippen molar-refractivity contribution in [2.75, 3.05) is 12.0 Å². The summed E-state index contributed by atoms with van der Waals surface area (Å²) in [6, 6.07) is 0. The van der Waals surface area contributed by atoms with E-state index in [1.54, 1.807) is 0 Å². The quantitative estimate of drug-likeness (QED) is 0.563. The highest BCUT2D eigenvalue weighted by Crippen LogP contribution is 1.95. The standard InChI is InChI=1S/C6H12S.2C2H6/c1-6(2)4-5-7-3;2*1-2/h4H,5H2,1-3H3;2*1-2H3. The maximum Gasteiger partial charge on any atom is 0.0112 e. The Balaban J connectivity index is -0.000000138. The van der Waals surface area contributed by atoms with E-state index in [4.69, 9.17) is 0 Å². The number of rotatable bonds is 2. The lowest BCUT2D eigenvalue weighted by molar-refractivity contribution is 1.37. The highest BCUT2D eigenvalue weighted by atomic mass is 32.2. The van der Waals surface area contributed by atoms with Gasteiger partial charge in [0.1, 0.15) is 0 Å². The average Bonchev–Trinajstić information content (AvgIpc) is 2.08. The fourth-order valence-electron chi connectivity index (χ4n) is 0.250. The zero-order valence-electron chi connectivity index (χ0n) is 9.19. The third-order valence-corrected chi connectivity index (χ3v) is 1.16. The van der Waals surface area contributed by atoms with E-state index in [9.17, 15) is 0 Å². The van der Waals surface area contributed by atoms with Gasteiger partial charge < -0.3 is 0 Å². The van der Waals surface area contributed by atoms with Crippen molar-refractivity contribution in [1.29, 1.82) is 0 Å². The summed E-state index contributed by atoms with van der Waals surface area (Å²) in [6.07, 6.45) is 4.34. The van der Waals surface area contributed by atoms with Crippen molar-refractivity contribution in [3.05, 3.63) is 11.6 Å². The molecule has 11 heavy (non-hydrogen) atoms. The molecule has 0 fully saturated rings. The SMILES string of the molecule is CC.CC.CSCC=C(C)C. The molecule has 0 aromatic rings. The molecule has 0 radical (unpaired) electrons. The van der Waals surface area contributed by atoms with Gasteiger partial charge in [-0.2, -0.15) is 11.8 Å². The normalized spacial score (nSPS) is 6.45. The van der Waals surface area contributed by atoms with E-state index < -0.39 is 0 Å². The van der Waals surface area contributed by atoms with Crippen molar-refractivity contribution < 1.29 is 0 Å². The van der Waals surface area contributed by atoms with Crippen LogP contribution in [-0.2, 0) is 0 Å². The Labute approximate surface area is 77.5 Å². The first-order valence-corrected chi connectivity index (χ1v) is 5.79. The van der Waals surface area contributed by atoms with Crippen LogP contribution >= 0.6 is 11.8 Å². The molecule has 0 saturated heterocycles. The molecule has 0 saturated carbocycles. The van der Waals surface area contributed by atoms with Gasteiger partial charge in [-0.1, -0.05) is 39.3 Å². The first-order chi connectivity index (χ1) is 5.27. The number of allylic oxidation sites excluding steroid dienone is 1. The lowest BCUT2D eigenvalue weighted by Crippen LogP contribution is -1.68. The molecule has 1 heteroatoms. The van der Waals surface area contributed by atoms with Crippen LogP contribution in [0.5, 0.6) is 0 Å². The van der Waals surface area contributed by atoms with Gasteiger partial charge in [-0.05, 0) is 20.1 Å². The van der Waals surface area contributed by atoms with E-state index in [0.717, 1.165) is 5.75 Å². The monoisotopic (exact) mass is 176 g/mol. The Hall–Kier alpha value is 0.0900. The van der Waals surface area contributed by atoms with E-state index in [1.165, 1.54) is 5.57 Å². The Morgan fingerprint density at radius 3 is 1.55 bits per heavy atom. The van der Waals surface area contributed by atoms with Gasteiger partial charge in [0.15, 0.2) is 0 Å². The summed E-state index contributed by atoms with van der Waals surface area (Å²) in [4.78, 5) is 0. The third-order valence-electron chi connectivity index (χ3n) is 0.658. The van der Waals surface area contributed by atoms with E-state index in [1.807, 2.05) is 39.5 Å². The smallest absolute Gasteiger partial charge is 0.0112 e. The van der Waals surface area contributed by atoms with Crippen LogP contribution in [-0.4, -0.2) is 12.0 Å². The molecule has 0 aliphatic heterocycles. The van der Waals surface area contributed by atoms with Gasteiger partial charge in [0, 0.05) is 5.75 Å². The fraction of sp³-hybridized carbons (Fsp3) is 0.800. The minimum Gasteiger partial charge on any atom is -0.161 e. The molecule has 0 bridgehead atoms. The van der Waals surface area contributed by atoms with E-state index in [0.29, 0.717) is 0 Å². The fourth-order valence-corrected chi connectivity index (χ4v) is 0.750. The van der Waals surface area contributed by atoms with Gasteiger partial charge in [0.2, 0.25) is 0 Å². The van der Waals surface area contributed by atoms with Crippen molar-refractivity contribution in [2.24, 2.45) is 0 Å². The molecule has 0 aliphatic rings. The van der Waals surface area contributed by atoms with Crippen molar-refractivity contribution in [3.8, 4) is 0 Å². The molecule has 0 spiro atoms. The Kier molecular flexibility index (Phi) is 35.3. The molecule has 0 atom stereocenters. The van der Waals surface area contributed by atoms with Crippen LogP contribution in [0, 0.1) is 0 Å². The van der Waals surface area contributed by atoms with E-state index in [2.05, 4.69) is 26.2 Å². The number of hydrogen-bond donors (Lipinski definition) is 0. The molecule has 0 amide bonds. The van der Waals surface area contributed by atoms with Crippen LogP contribution in [0.4, 0.5) is 0 Å². The van der Waals surface area contributed by atoms with Crippen LogP contribution < -0.4 is 0 Å². The first-order valence-electron chi connectivity index (χ1n) is 4.39. The zero-order chi connectivity index (χ0) is 9.70. The summed E-state index contributed by atoms with van der Waals surface area (Å²) in [5.41, 5.74) is 1.41. The van der Waals surface area contributed by atoms with Gasteiger partial charge in [0.05, 0.1) is 0 Å². The van der Waals surface area contributed by atoms with Gasteiger partial charge in [0.25, 0.3) is 0 Å². The molecular formula is C10H24S. The summed E-state index contributed by atoms with van der Waals surface area (Å²) >= 11 is 1.85. The maximum atomic E-state index is 2.23.